The lowest BCUT2D eigenvalue weighted by Gasteiger charge is -2.32. The Bertz CT molecular complexity index is 341. The first-order valence-corrected chi connectivity index (χ1v) is 6.62. The molecule has 0 aromatic rings. The van der Waals surface area contributed by atoms with Crippen molar-refractivity contribution in [2.75, 3.05) is 13.1 Å². The molecule has 0 bridgehead atoms. The molecule has 0 heterocycles. The number of hydrogen-bond acceptors (Lipinski definition) is 2. The van der Waals surface area contributed by atoms with E-state index in [4.69, 9.17) is 5.26 Å². The number of rotatable bonds is 4. The Labute approximate surface area is 111 Å². The monoisotopic (exact) mass is 276 g/mol. The lowest BCUT2D eigenvalue weighted by atomic mass is 9.81. The highest BCUT2D eigenvalue weighted by Crippen LogP contribution is 2.39. The summed E-state index contributed by atoms with van der Waals surface area (Å²) in [5.74, 6) is -1.67. The maximum absolute atomic E-state index is 12.5. The van der Waals surface area contributed by atoms with E-state index >= 15 is 0 Å². The average Bonchev–Trinajstić information content (AvgIpc) is 2.38. The van der Waals surface area contributed by atoms with Crippen molar-refractivity contribution >= 4 is 5.91 Å². The van der Waals surface area contributed by atoms with E-state index in [9.17, 15) is 18.0 Å². The highest BCUT2D eigenvalue weighted by molar-refractivity contribution is 5.78. The van der Waals surface area contributed by atoms with Gasteiger partial charge < -0.3 is 4.90 Å². The smallest absolute Gasteiger partial charge is 0.342 e. The minimum atomic E-state index is -4.14. The fourth-order valence-corrected chi connectivity index (χ4v) is 2.53. The molecule has 1 saturated carbocycles. The summed E-state index contributed by atoms with van der Waals surface area (Å²) in [5.41, 5.74) is 0. The first-order valence-electron chi connectivity index (χ1n) is 6.62. The molecular formula is C13H19F3N2O. The number of hydrogen-bond donors (Lipinski definition) is 0. The van der Waals surface area contributed by atoms with Crippen LogP contribution in [0, 0.1) is 23.2 Å². The van der Waals surface area contributed by atoms with Crippen molar-refractivity contribution < 1.29 is 18.0 Å². The van der Waals surface area contributed by atoms with Crippen molar-refractivity contribution in [2.45, 2.75) is 45.2 Å². The van der Waals surface area contributed by atoms with Crippen molar-refractivity contribution in [3.63, 3.8) is 0 Å². The molecule has 108 valence electrons. The highest BCUT2D eigenvalue weighted by atomic mass is 19.4. The molecule has 3 nitrogen and oxygen atoms in total. The quantitative estimate of drug-likeness (QED) is 0.792. The van der Waals surface area contributed by atoms with Crippen LogP contribution in [0.15, 0.2) is 0 Å². The first kappa shape index (κ1) is 15.8. The van der Waals surface area contributed by atoms with Crippen LogP contribution in [0.4, 0.5) is 13.2 Å². The third-order valence-electron chi connectivity index (χ3n) is 3.73. The van der Waals surface area contributed by atoms with E-state index in [1.807, 2.05) is 13.0 Å². The van der Waals surface area contributed by atoms with Crippen molar-refractivity contribution in [3.8, 4) is 6.07 Å². The number of amides is 1. The van der Waals surface area contributed by atoms with E-state index in [2.05, 4.69) is 0 Å². The SMILES string of the molecule is CCN(CCC#N)C(=O)C1CCC(C(F)(F)F)CC1. The van der Waals surface area contributed by atoms with E-state index in [1.54, 1.807) is 4.90 Å². The van der Waals surface area contributed by atoms with Gasteiger partial charge >= 0.3 is 6.18 Å². The van der Waals surface area contributed by atoms with Gasteiger partial charge in [-0.1, -0.05) is 0 Å². The summed E-state index contributed by atoms with van der Waals surface area (Å²) in [6, 6.07) is 1.97. The zero-order chi connectivity index (χ0) is 14.5. The Kier molecular flexibility index (Phi) is 5.64. The van der Waals surface area contributed by atoms with E-state index in [-0.39, 0.29) is 31.1 Å². The van der Waals surface area contributed by atoms with Crippen molar-refractivity contribution in [3.05, 3.63) is 0 Å². The molecule has 1 rings (SSSR count). The number of nitriles is 1. The molecule has 6 heteroatoms. The maximum Gasteiger partial charge on any atom is 0.391 e. The van der Waals surface area contributed by atoms with Crippen molar-refractivity contribution in [1.29, 1.82) is 5.26 Å². The van der Waals surface area contributed by atoms with Crippen LogP contribution in [0.1, 0.15) is 39.0 Å². The molecule has 0 aromatic heterocycles. The maximum atomic E-state index is 12.5. The molecule has 1 fully saturated rings. The third-order valence-corrected chi connectivity index (χ3v) is 3.73. The van der Waals surface area contributed by atoms with E-state index in [1.165, 1.54) is 0 Å². The minimum absolute atomic E-state index is 0.0374. The molecule has 0 radical (unpaired) electrons. The second-order valence-electron chi connectivity index (χ2n) is 4.92. The topological polar surface area (TPSA) is 44.1 Å². The summed E-state index contributed by atoms with van der Waals surface area (Å²) in [6.45, 7) is 2.68. The van der Waals surface area contributed by atoms with Gasteiger partial charge in [0.2, 0.25) is 5.91 Å². The molecule has 0 N–H and O–H groups in total. The molecule has 0 aromatic carbocycles. The lowest BCUT2D eigenvalue weighted by molar-refractivity contribution is -0.185. The normalized spacial score (nSPS) is 23.7. The van der Waals surface area contributed by atoms with Crippen LogP contribution in [0.3, 0.4) is 0 Å². The van der Waals surface area contributed by atoms with E-state index in [0.717, 1.165) is 0 Å². The molecule has 0 aliphatic heterocycles. The van der Waals surface area contributed by atoms with Gasteiger partial charge in [0.1, 0.15) is 0 Å². The van der Waals surface area contributed by atoms with E-state index in [0.29, 0.717) is 25.9 Å². The molecule has 0 unspecified atom stereocenters. The Hall–Kier alpha value is -1.25. The molecule has 0 atom stereocenters. The Morgan fingerprint density at radius 3 is 2.32 bits per heavy atom. The molecule has 1 aliphatic rings. The summed E-state index contributed by atoms with van der Waals surface area (Å²) in [6.07, 6.45) is -3.21. The van der Waals surface area contributed by atoms with Crippen LogP contribution >= 0.6 is 0 Å². The van der Waals surface area contributed by atoms with Crippen LogP contribution in [0.2, 0.25) is 0 Å². The van der Waals surface area contributed by atoms with Gasteiger partial charge in [-0.15, -0.1) is 0 Å². The Morgan fingerprint density at radius 1 is 1.32 bits per heavy atom. The second kappa shape index (κ2) is 6.78. The van der Waals surface area contributed by atoms with Gasteiger partial charge in [0.25, 0.3) is 0 Å². The van der Waals surface area contributed by atoms with E-state index < -0.39 is 12.1 Å². The third kappa shape index (κ3) is 4.41. The second-order valence-corrected chi connectivity index (χ2v) is 4.92. The number of carbonyl (C=O) groups is 1. The first-order chi connectivity index (χ1) is 8.90. The summed E-state index contributed by atoms with van der Waals surface area (Å²) < 4.78 is 37.6. The zero-order valence-corrected chi connectivity index (χ0v) is 11.0. The van der Waals surface area contributed by atoms with Gasteiger partial charge in [0, 0.05) is 19.0 Å². The van der Waals surface area contributed by atoms with Crippen LogP contribution in [0.25, 0.3) is 0 Å². The summed E-state index contributed by atoms with van der Waals surface area (Å²) in [5, 5.41) is 8.51. The Morgan fingerprint density at radius 2 is 1.89 bits per heavy atom. The van der Waals surface area contributed by atoms with Crippen LogP contribution < -0.4 is 0 Å². The number of nitrogens with zero attached hydrogens (tertiary/aromatic N) is 2. The van der Waals surface area contributed by atoms with Gasteiger partial charge in [-0.2, -0.15) is 18.4 Å². The molecule has 1 aliphatic carbocycles. The van der Waals surface area contributed by atoms with Crippen LogP contribution in [-0.4, -0.2) is 30.1 Å². The van der Waals surface area contributed by atoms with Gasteiger partial charge in [-0.25, -0.2) is 0 Å². The zero-order valence-electron chi connectivity index (χ0n) is 11.0. The predicted molar refractivity (Wildman–Crippen MR) is 64.0 cm³/mol. The summed E-state index contributed by atoms with van der Waals surface area (Å²) in [7, 11) is 0. The van der Waals surface area contributed by atoms with Gasteiger partial charge in [-0.05, 0) is 32.6 Å². The summed E-state index contributed by atoms with van der Waals surface area (Å²) in [4.78, 5) is 13.7. The highest BCUT2D eigenvalue weighted by Gasteiger charge is 2.42. The lowest BCUT2D eigenvalue weighted by Crippen LogP contribution is -2.39. The van der Waals surface area contributed by atoms with Crippen molar-refractivity contribution in [2.24, 2.45) is 11.8 Å². The van der Waals surface area contributed by atoms with Crippen molar-refractivity contribution in [1.82, 2.24) is 4.90 Å². The van der Waals surface area contributed by atoms with Gasteiger partial charge in [0.15, 0.2) is 0 Å². The molecular weight excluding hydrogens is 257 g/mol. The fourth-order valence-electron chi connectivity index (χ4n) is 2.53. The number of alkyl halides is 3. The average molecular weight is 276 g/mol. The van der Waals surface area contributed by atoms with Gasteiger partial charge in [0.05, 0.1) is 18.4 Å². The molecule has 0 saturated heterocycles. The molecule has 19 heavy (non-hydrogen) atoms. The molecule has 0 spiro atoms. The predicted octanol–water partition coefficient (Wildman–Crippen LogP) is 3.12. The summed E-state index contributed by atoms with van der Waals surface area (Å²) >= 11 is 0. The molecule has 1 amide bonds. The number of carbonyl (C=O) groups excluding carboxylic acids is 1. The largest absolute Gasteiger partial charge is 0.391 e. The standard InChI is InChI=1S/C13H19F3N2O/c1-2-18(9-3-8-17)12(19)10-4-6-11(7-5-10)13(14,15)16/h10-11H,2-7,9H2,1H3. The Balaban J connectivity index is 2.50. The minimum Gasteiger partial charge on any atom is -0.342 e. The van der Waals surface area contributed by atoms with Gasteiger partial charge in [-0.3, -0.25) is 4.79 Å². The van der Waals surface area contributed by atoms with Crippen LogP contribution in [-0.2, 0) is 4.79 Å². The number of halogens is 3. The fraction of sp³-hybridized carbons (Fsp3) is 0.846. The van der Waals surface area contributed by atoms with Crippen LogP contribution in [0.5, 0.6) is 0 Å².